The quantitative estimate of drug-likeness (QED) is 0.305. The molecule has 11 heteroatoms. The van der Waals surface area contributed by atoms with Crippen molar-refractivity contribution in [2.75, 3.05) is 36.4 Å². The van der Waals surface area contributed by atoms with Gasteiger partial charge in [0, 0.05) is 11.8 Å². The molecule has 2 N–H and O–H groups in total. The summed E-state index contributed by atoms with van der Waals surface area (Å²) in [5.41, 5.74) is 1.69. The maximum absolute atomic E-state index is 12.3. The molecule has 2 aromatic carbocycles. The highest BCUT2D eigenvalue weighted by atomic mass is 32.2. The molecule has 0 saturated heterocycles. The molecule has 0 aliphatic heterocycles. The minimum Gasteiger partial charge on any atom is -0.497 e. The van der Waals surface area contributed by atoms with Crippen molar-refractivity contribution in [3.63, 3.8) is 0 Å². The van der Waals surface area contributed by atoms with Gasteiger partial charge in [0.25, 0.3) is 0 Å². The SMILES string of the molecule is COc1ccc(OC)c(NC(=O)CSc2nnc(NC(=O)CSCc3ccccc3)s2)c1. The van der Waals surface area contributed by atoms with Gasteiger partial charge in [-0.1, -0.05) is 53.4 Å². The Bertz CT molecular complexity index is 1050. The van der Waals surface area contributed by atoms with Crippen LogP contribution in [0.15, 0.2) is 52.9 Å². The maximum atomic E-state index is 12.3. The van der Waals surface area contributed by atoms with Gasteiger partial charge in [-0.25, -0.2) is 0 Å². The van der Waals surface area contributed by atoms with Crippen molar-refractivity contribution in [3.8, 4) is 11.5 Å². The predicted molar refractivity (Wildman–Crippen MR) is 130 cm³/mol. The van der Waals surface area contributed by atoms with Crippen molar-refractivity contribution >= 4 is 57.5 Å². The van der Waals surface area contributed by atoms with Crippen LogP contribution in [0, 0.1) is 0 Å². The number of hydrogen-bond acceptors (Lipinski definition) is 9. The van der Waals surface area contributed by atoms with Crippen LogP contribution in [-0.2, 0) is 15.3 Å². The van der Waals surface area contributed by atoms with Crippen LogP contribution in [0.3, 0.4) is 0 Å². The molecular formula is C21H22N4O4S3. The molecule has 1 heterocycles. The lowest BCUT2D eigenvalue weighted by atomic mass is 10.2. The molecule has 3 rings (SSSR count). The molecule has 0 unspecified atom stereocenters. The van der Waals surface area contributed by atoms with E-state index in [1.807, 2.05) is 30.3 Å². The zero-order valence-electron chi connectivity index (χ0n) is 17.5. The van der Waals surface area contributed by atoms with Gasteiger partial charge in [0.2, 0.25) is 16.9 Å². The van der Waals surface area contributed by atoms with Gasteiger partial charge in [0.05, 0.1) is 31.4 Å². The first-order valence-corrected chi connectivity index (χ1v) is 12.4. The third kappa shape index (κ3) is 7.43. The second kappa shape index (κ2) is 12.3. The summed E-state index contributed by atoms with van der Waals surface area (Å²) in [6.45, 7) is 0. The van der Waals surface area contributed by atoms with Crippen molar-refractivity contribution < 1.29 is 19.1 Å². The van der Waals surface area contributed by atoms with E-state index in [9.17, 15) is 9.59 Å². The molecule has 2 amide bonds. The van der Waals surface area contributed by atoms with E-state index in [4.69, 9.17) is 9.47 Å². The van der Waals surface area contributed by atoms with Gasteiger partial charge < -0.3 is 14.8 Å². The summed E-state index contributed by atoms with van der Waals surface area (Å²) >= 11 is 3.99. The topological polar surface area (TPSA) is 102 Å². The van der Waals surface area contributed by atoms with Gasteiger partial charge in [-0.3, -0.25) is 14.9 Å². The Balaban J connectivity index is 1.43. The fourth-order valence-electron chi connectivity index (χ4n) is 2.54. The van der Waals surface area contributed by atoms with E-state index in [-0.39, 0.29) is 17.6 Å². The van der Waals surface area contributed by atoms with Crippen molar-refractivity contribution in [1.82, 2.24) is 10.2 Å². The molecule has 0 aliphatic carbocycles. The van der Waals surface area contributed by atoms with Crippen LogP contribution >= 0.6 is 34.9 Å². The lowest BCUT2D eigenvalue weighted by molar-refractivity contribution is -0.114. The van der Waals surface area contributed by atoms with Gasteiger partial charge in [-0.2, -0.15) is 0 Å². The van der Waals surface area contributed by atoms with E-state index < -0.39 is 0 Å². The van der Waals surface area contributed by atoms with Gasteiger partial charge in [0.1, 0.15) is 11.5 Å². The standard InChI is InChI=1S/C21H22N4O4S3/c1-28-15-8-9-17(29-2)16(10-15)22-19(27)13-31-21-25-24-20(32-21)23-18(26)12-30-11-14-6-4-3-5-7-14/h3-10H,11-13H2,1-2H3,(H,22,27)(H,23,24,26). The van der Waals surface area contributed by atoms with E-state index in [1.54, 1.807) is 25.3 Å². The fourth-order valence-corrected chi connectivity index (χ4v) is 4.89. The first kappa shape index (κ1) is 23.9. The summed E-state index contributed by atoms with van der Waals surface area (Å²) in [4.78, 5) is 24.4. The first-order valence-electron chi connectivity index (χ1n) is 9.47. The molecule has 0 radical (unpaired) electrons. The maximum Gasteiger partial charge on any atom is 0.236 e. The molecule has 0 bridgehead atoms. The van der Waals surface area contributed by atoms with E-state index in [0.717, 1.165) is 5.75 Å². The Morgan fingerprint density at radius 3 is 2.50 bits per heavy atom. The second-order valence-corrected chi connectivity index (χ2v) is 9.49. The van der Waals surface area contributed by atoms with E-state index in [2.05, 4.69) is 20.8 Å². The van der Waals surface area contributed by atoms with Gasteiger partial charge >= 0.3 is 0 Å². The minimum atomic E-state index is -0.223. The highest BCUT2D eigenvalue weighted by Crippen LogP contribution is 2.30. The number of thioether (sulfide) groups is 2. The zero-order valence-corrected chi connectivity index (χ0v) is 19.9. The lowest BCUT2D eigenvalue weighted by Gasteiger charge is -2.11. The summed E-state index contributed by atoms with van der Waals surface area (Å²) in [5.74, 6) is 2.01. The summed E-state index contributed by atoms with van der Waals surface area (Å²) in [7, 11) is 3.08. The Morgan fingerprint density at radius 2 is 1.75 bits per heavy atom. The van der Waals surface area contributed by atoms with E-state index >= 15 is 0 Å². The molecule has 0 atom stereocenters. The Labute approximate surface area is 198 Å². The largest absolute Gasteiger partial charge is 0.497 e. The fraction of sp³-hybridized carbons (Fsp3) is 0.238. The molecule has 0 saturated carbocycles. The number of hydrogen-bond donors (Lipinski definition) is 2. The molecule has 0 fully saturated rings. The average Bonchev–Trinajstić information content (AvgIpc) is 3.25. The minimum absolute atomic E-state index is 0.135. The number of rotatable bonds is 11. The molecule has 32 heavy (non-hydrogen) atoms. The summed E-state index contributed by atoms with van der Waals surface area (Å²) < 4.78 is 11.0. The van der Waals surface area contributed by atoms with Crippen LogP contribution < -0.4 is 20.1 Å². The van der Waals surface area contributed by atoms with Crippen LogP contribution in [-0.4, -0.2) is 47.7 Å². The van der Waals surface area contributed by atoms with Crippen LogP contribution in [0.2, 0.25) is 0 Å². The van der Waals surface area contributed by atoms with Gasteiger partial charge in [-0.05, 0) is 17.7 Å². The van der Waals surface area contributed by atoms with Crippen LogP contribution in [0.5, 0.6) is 11.5 Å². The number of methoxy groups -OCH3 is 2. The van der Waals surface area contributed by atoms with Crippen molar-refractivity contribution in [2.24, 2.45) is 0 Å². The monoisotopic (exact) mass is 490 g/mol. The van der Waals surface area contributed by atoms with Crippen LogP contribution in [0.4, 0.5) is 10.8 Å². The molecular weight excluding hydrogens is 468 g/mol. The second-order valence-electron chi connectivity index (χ2n) is 6.30. The van der Waals surface area contributed by atoms with Crippen molar-refractivity contribution in [3.05, 3.63) is 54.1 Å². The van der Waals surface area contributed by atoms with Crippen molar-refractivity contribution in [2.45, 2.75) is 10.1 Å². The number of nitrogens with zero attached hydrogens (tertiary/aromatic N) is 2. The zero-order chi connectivity index (χ0) is 22.8. The number of nitrogens with one attached hydrogen (secondary N) is 2. The predicted octanol–water partition coefficient (Wildman–Crippen LogP) is 4.16. The van der Waals surface area contributed by atoms with Crippen molar-refractivity contribution in [1.29, 1.82) is 0 Å². The molecule has 0 aliphatic rings. The number of carbonyl (C=O) groups excluding carboxylic acids is 2. The number of benzene rings is 2. The molecule has 3 aromatic rings. The number of anilines is 2. The highest BCUT2D eigenvalue weighted by Gasteiger charge is 2.13. The number of aromatic nitrogens is 2. The Kier molecular flexibility index (Phi) is 9.20. The number of ether oxygens (including phenoxy) is 2. The normalized spacial score (nSPS) is 10.4. The smallest absolute Gasteiger partial charge is 0.236 e. The Hall–Kier alpha value is -2.76. The summed E-state index contributed by atoms with van der Waals surface area (Å²) in [5, 5.41) is 14.0. The van der Waals surface area contributed by atoms with Gasteiger partial charge in [-0.15, -0.1) is 22.0 Å². The highest BCUT2D eigenvalue weighted by molar-refractivity contribution is 8.01. The molecule has 1 aromatic heterocycles. The van der Waals surface area contributed by atoms with Crippen LogP contribution in [0.1, 0.15) is 5.56 Å². The molecule has 168 valence electrons. The number of carbonyl (C=O) groups is 2. The van der Waals surface area contributed by atoms with Gasteiger partial charge in [0.15, 0.2) is 4.34 Å². The van der Waals surface area contributed by atoms with E-state index in [1.165, 1.54) is 47.5 Å². The lowest BCUT2D eigenvalue weighted by Crippen LogP contribution is -2.14. The molecule has 0 spiro atoms. The molecule has 8 nitrogen and oxygen atoms in total. The van der Waals surface area contributed by atoms with E-state index in [0.29, 0.717) is 32.4 Å². The first-order chi connectivity index (χ1) is 15.6. The third-order valence-electron chi connectivity index (χ3n) is 4.00. The summed E-state index contributed by atoms with van der Waals surface area (Å²) in [6, 6.07) is 15.1. The number of amides is 2. The summed E-state index contributed by atoms with van der Waals surface area (Å²) in [6.07, 6.45) is 0. The third-order valence-corrected chi connectivity index (χ3v) is 6.98. The van der Waals surface area contributed by atoms with Crippen LogP contribution in [0.25, 0.3) is 0 Å². The average molecular weight is 491 g/mol. The Morgan fingerprint density at radius 1 is 0.969 bits per heavy atom.